The van der Waals surface area contributed by atoms with Gasteiger partial charge in [0.05, 0.1) is 19.3 Å². The molecule has 1 amide bonds. The molecule has 1 fully saturated rings. The normalized spacial score (nSPS) is 16.7. The van der Waals surface area contributed by atoms with Gasteiger partial charge in [-0.15, -0.1) is 0 Å². The van der Waals surface area contributed by atoms with Gasteiger partial charge in [0.1, 0.15) is 10.6 Å². The van der Waals surface area contributed by atoms with Gasteiger partial charge in [0.15, 0.2) is 11.6 Å². The topological polar surface area (TPSA) is 82.7 Å². The fourth-order valence-electron chi connectivity index (χ4n) is 2.94. The van der Waals surface area contributed by atoms with Crippen molar-refractivity contribution in [2.24, 2.45) is 0 Å². The first-order chi connectivity index (χ1) is 13.2. The Labute approximate surface area is 161 Å². The Hall–Kier alpha value is -2.30. The quantitative estimate of drug-likeness (QED) is 0.814. The Balaban J connectivity index is 1.78. The molecule has 0 bridgehead atoms. The van der Waals surface area contributed by atoms with Crippen LogP contribution >= 0.6 is 0 Å². The molecular formula is C18H21F2N3O4S. The zero-order chi connectivity index (χ0) is 20.5. The molecule has 152 valence electrons. The van der Waals surface area contributed by atoms with Gasteiger partial charge in [0.2, 0.25) is 10.0 Å². The minimum Gasteiger partial charge on any atom is -0.379 e. The van der Waals surface area contributed by atoms with E-state index in [4.69, 9.17) is 4.74 Å². The van der Waals surface area contributed by atoms with Crippen molar-refractivity contribution >= 4 is 15.9 Å². The van der Waals surface area contributed by atoms with Crippen LogP contribution in [0.15, 0.2) is 35.4 Å². The largest absolute Gasteiger partial charge is 0.379 e. The highest BCUT2D eigenvalue weighted by Gasteiger charge is 2.29. The van der Waals surface area contributed by atoms with Gasteiger partial charge in [-0.1, -0.05) is 6.07 Å². The highest BCUT2D eigenvalue weighted by molar-refractivity contribution is 7.89. The number of sulfonamides is 1. The van der Waals surface area contributed by atoms with Crippen molar-refractivity contribution in [1.82, 2.24) is 14.2 Å². The van der Waals surface area contributed by atoms with Gasteiger partial charge in [-0.2, -0.15) is 4.31 Å². The lowest BCUT2D eigenvalue weighted by Gasteiger charge is -2.25. The van der Waals surface area contributed by atoms with Gasteiger partial charge in [0.25, 0.3) is 5.91 Å². The lowest BCUT2D eigenvalue weighted by atomic mass is 10.1. The van der Waals surface area contributed by atoms with Gasteiger partial charge in [0, 0.05) is 26.3 Å². The van der Waals surface area contributed by atoms with E-state index in [9.17, 15) is 22.0 Å². The summed E-state index contributed by atoms with van der Waals surface area (Å²) in [5, 5.41) is 0. The zero-order valence-electron chi connectivity index (χ0n) is 15.5. The van der Waals surface area contributed by atoms with Crippen molar-refractivity contribution < 1.29 is 26.7 Å². The number of carbonyl (C=O) groups is 1. The molecule has 1 aliphatic rings. The molecule has 1 unspecified atom stereocenters. The molecule has 0 saturated carbocycles. The van der Waals surface area contributed by atoms with Gasteiger partial charge < -0.3 is 14.6 Å². The van der Waals surface area contributed by atoms with Crippen molar-refractivity contribution in [3.05, 3.63) is 53.4 Å². The number of rotatable bonds is 5. The van der Waals surface area contributed by atoms with Crippen LogP contribution in [-0.2, 0) is 14.8 Å². The molecule has 1 N–H and O–H groups in total. The average molecular weight is 413 g/mol. The molecular weight excluding hydrogens is 392 g/mol. The van der Waals surface area contributed by atoms with E-state index in [1.807, 2.05) is 0 Å². The van der Waals surface area contributed by atoms with Crippen molar-refractivity contribution in [3.8, 4) is 0 Å². The van der Waals surface area contributed by atoms with Crippen LogP contribution in [0.5, 0.6) is 0 Å². The van der Waals surface area contributed by atoms with Gasteiger partial charge >= 0.3 is 0 Å². The highest BCUT2D eigenvalue weighted by atomic mass is 32.2. The predicted molar refractivity (Wildman–Crippen MR) is 97.2 cm³/mol. The second-order valence-electron chi connectivity index (χ2n) is 6.53. The van der Waals surface area contributed by atoms with Crippen LogP contribution in [0.25, 0.3) is 0 Å². The number of hydrogen-bond acceptors (Lipinski definition) is 4. The number of carbonyl (C=O) groups excluding carboxylic acids is 1. The summed E-state index contributed by atoms with van der Waals surface area (Å²) in [6.45, 7) is 2.82. The minimum absolute atomic E-state index is 0.00775. The molecule has 1 atom stereocenters. The molecule has 0 aliphatic carbocycles. The lowest BCUT2D eigenvalue weighted by molar-refractivity contribution is 0.0729. The predicted octanol–water partition coefficient (Wildman–Crippen LogP) is 2.15. The SMILES string of the molecule is CC(c1ccc(F)c(F)c1)N(C)C(=O)c1cc(S(=O)(=O)N2CCOCC2)c[nH]1. The number of nitrogens with zero attached hydrogens (tertiary/aromatic N) is 2. The van der Waals surface area contributed by atoms with Crippen LogP contribution in [0, 0.1) is 11.6 Å². The van der Waals surface area contributed by atoms with E-state index in [1.54, 1.807) is 6.92 Å². The monoisotopic (exact) mass is 413 g/mol. The van der Waals surface area contributed by atoms with E-state index in [2.05, 4.69) is 4.98 Å². The fraction of sp³-hybridized carbons (Fsp3) is 0.389. The molecule has 0 radical (unpaired) electrons. The Bertz CT molecular complexity index is 971. The molecule has 1 aromatic heterocycles. The minimum atomic E-state index is -3.72. The number of aromatic amines is 1. The summed E-state index contributed by atoms with van der Waals surface area (Å²) in [6.07, 6.45) is 1.27. The molecule has 1 saturated heterocycles. The summed E-state index contributed by atoms with van der Waals surface area (Å²) in [5.41, 5.74) is 0.506. The highest BCUT2D eigenvalue weighted by Crippen LogP contribution is 2.24. The number of ether oxygens (including phenoxy) is 1. The van der Waals surface area contributed by atoms with E-state index in [-0.39, 0.29) is 23.7 Å². The van der Waals surface area contributed by atoms with Crippen LogP contribution < -0.4 is 0 Å². The van der Waals surface area contributed by atoms with Crippen LogP contribution in [0.1, 0.15) is 29.0 Å². The molecule has 2 aromatic rings. The van der Waals surface area contributed by atoms with Crippen molar-refractivity contribution in [2.75, 3.05) is 33.4 Å². The number of halogens is 2. The first kappa shape index (κ1) is 20.4. The van der Waals surface area contributed by atoms with Crippen molar-refractivity contribution in [2.45, 2.75) is 17.9 Å². The first-order valence-corrected chi connectivity index (χ1v) is 10.1. The second-order valence-corrected chi connectivity index (χ2v) is 8.47. The fourth-order valence-corrected chi connectivity index (χ4v) is 4.35. The Morgan fingerprint density at radius 3 is 2.54 bits per heavy atom. The molecule has 0 spiro atoms. The van der Waals surface area contributed by atoms with Gasteiger partial charge in [-0.3, -0.25) is 4.79 Å². The summed E-state index contributed by atoms with van der Waals surface area (Å²) in [7, 11) is -2.22. The number of nitrogens with one attached hydrogen (secondary N) is 1. The second kappa shape index (κ2) is 7.98. The first-order valence-electron chi connectivity index (χ1n) is 8.70. The van der Waals surface area contributed by atoms with E-state index in [0.717, 1.165) is 12.1 Å². The van der Waals surface area contributed by atoms with Crippen molar-refractivity contribution in [3.63, 3.8) is 0 Å². The Morgan fingerprint density at radius 1 is 1.21 bits per heavy atom. The standard InChI is InChI=1S/C18H21F2N3O4S/c1-12(13-3-4-15(19)16(20)9-13)22(2)18(24)17-10-14(11-21-17)28(25,26)23-5-7-27-8-6-23/h3-4,9-12,21H,5-8H2,1-2H3. The molecule has 10 heteroatoms. The average Bonchev–Trinajstić information content (AvgIpc) is 3.20. The number of amides is 1. The van der Waals surface area contributed by atoms with Crippen LogP contribution in [0.2, 0.25) is 0 Å². The van der Waals surface area contributed by atoms with E-state index < -0.39 is 33.6 Å². The molecule has 1 aromatic carbocycles. The number of hydrogen-bond donors (Lipinski definition) is 1. The molecule has 28 heavy (non-hydrogen) atoms. The lowest BCUT2D eigenvalue weighted by Crippen LogP contribution is -2.40. The van der Waals surface area contributed by atoms with Crippen LogP contribution in [0.4, 0.5) is 8.78 Å². The number of benzene rings is 1. The summed E-state index contributed by atoms with van der Waals surface area (Å²) in [5.74, 6) is -2.43. The van der Waals surface area contributed by atoms with E-state index in [1.165, 1.54) is 34.6 Å². The maximum Gasteiger partial charge on any atom is 0.270 e. The summed E-state index contributed by atoms with van der Waals surface area (Å²) < 4.78 is 58.4. The molecule has 7 nitrogen and oxygen atoms in total. The van der Waals surface area contributed by atoms with Gasteiger partial charge in [-0.05, 0) is 30.7 Å². The number of morpholine rings is 1. The Kier molecular flexibility index (Phi) is 5.82. The smallest absolute Gasteiger partial charge is 0.270 e. The van der Waals surface area contributed by atoms with Crippen molar-refractivity contribution in [1.29, 1.82) is 0 Å². The molecule has 3 rings (SSSR count). The van der Waals surface area contributed by atoms with E-state index >= 15 is 0 Å². The van der Waals surface area contributed by atoms with Crippen LogP contribution in [0.3, 0.4) is 0 Å². The third kappa shape index (κ3) is 3.94. The zero-order valence-corrected chi connectivity index (χ0v) is 16.3. The summed E-state index contributed by atoms with van der Waals surface area (Å²) in [4.78, 5) is 16.7. The van der Waals surface area contributed by atoms with Gasteiger partial charge in [-0.25, -0.2) is 17.2 Å². The maximum absolute atomic E-state index is 13.5. The molecule has 1 aliphatic heterocycles. The third-order valence-electron chi connectivity index (χ3n) is 4.82. The molecule has 2 heterocycles. The van der Waals surface area contributed by atoms with Crippen LogP contribution in [-0.4, -0.2) is 61.9 Å². The summed E-state index contributed by atoms with van der Waals surface area (Å²) >= 11 is 0. The summed E-state index contributed by atoms with van der Waals surface area (Å²) in [6, 6.07) is 4.16. The number of H-pyrrole nitrogens is 1. The number of aromatic nitrogens is 1. The van der Waals surface area contributed by atoms with E-state index in [0.29, 0.717) is 18.8 Å². The third-order valence-corrected chi connectivity index (χ3v) is 6.70. The Morgan fingerprint density at radius 2 is 1.89 bits per heavy atom. The maximum atomic E-state index is 13.5.